The average Bonchev–Trinajstić information content (AvgIpc) is 2.86. The summed E-state index contributed by atoms with van der Waals surface area (Å²) in [6, 6.07) is 0. The largest absolute Gasteiger partial charge is 0.320 e. The fourth-order valence-electron chi connectivity index (χ4n) is 2.70. The predicted molar refractivity (Wildman–Crippen MR) is 74.7 cm³/mol. The second kappa shape index (κ2) is 7.55. The maximum absolute atomic E-state index is 4.15. The normalized spacial score (nSPS) is 18.0. The van der Waals surface area contributed by atoms with Gasteiger partial charge in [-0.05, 0) is 68.7 Å². The zero-order valence-corrected chi connectivity index (χ0v) is 12.2. The smallest absolute Gasteiger partial charge is 0.165 e. The molecule has 1 aliphatic heterocycles. The summed E-state index contributed by atoms with van der Waals surface area (Å²) < 4.78 is 1.94. The minimum absolute atomic E-state index is 0.885. The van der Waals surface area contributed by atoms with E-state index in [1.54, 1.807) is 0 Å². The summed E-state index contributed by atoms with van der Waals surface area (Å²) in [6.07, 6.45) is 4.98. The predicted octanol–water partition coefficient (Wildman–Crippen LogP) is 0.905. The van der Waals surface area contributed by atoms with Crippen molar-refractivity contribution in [1.29, 1.82) is 0 Å². The zero-order chi connectivity index (χ0) is 13.5. The van der Waals surface area contributed by atoms with Crippen molar-refractivity contribution in [2.45, 2.75) is 45.7 Å². The Balaban J connectivity index is 1.77. The van der Waals surface area contributed by atoms with Gasteiger partial charge < -0.3 is 5.32 Å². The Kier molecular flexibility index (Phi) is 5.72. The van der Waals surface area contributed by atoms with Crippen molar-refractivity contribution in [1.82, 2.24) is 30.4 Å². The summed E-state index contributed by atoms with van der Waals surface area (Å²) >= 11 is 0. The highest BCUT2D eigenvalue weighted by atomic mass is 15.5. The number of aromatic nitrogens is 4. The minimum atomic E-state index is 0.885. The van der Waals surface area contributed by atoms with E-state index in [1.165, 1.54) is 32.4 Å². The van der Waals surface area contributed by atoms with Crippen LogP contribution in [0.15, 0.2) is 0 Å². The maximum Gasteiger partial charge on any atom is 0.165 e. The van der Waals surface area contributed by atoms with Crippen LogP contribution in [0.4, 0.5) is 0 Å². The van der Waals surface area contributed by atoms with E-state index >= 15 is 0 Å². The summed E-state index contributed by atoms with van der Waals surface area (Å²) in [4.78, 5) is 2.48. The third-order valence-electron chi connectivity index (χ3n) is 3.92. The number of hydrogen-bond acceptors (Lipinski definition) is 5. The van der Waals surface area contributed by atoms with Crippen molar-refractivity contribution in [3.8, 4) is 0 Å². The Morgan fingerprint density at radius 2 is 2.11 bits per heavy atom. The maximum atomic E-state index is 4.15. The highest BCUT2D eigenvalue weighted by Crippen LogP contribution is 2.20. The molecular weight excluding hydrogens is 240 g/mol. The number of tetrazole rings is 1. The van der Waals surface area contributed by atoms with Crippen LogP contribution in [0.3, 0.4) is 0 Å². The van der Waals surface area contributed by atoms with Crippen LogP contribution >= 0.6 is 0 Å². The van der Waals surface area contributed by atoms with E-state index in [4.69, 9.17) is 0 Å². The fourth-order valence-corrected chi connectivity index (χ4v) is 2.70. The monoisotopic (exact) mass is 266 g/mol. The second-order valence-electron chi connectivity index (χ2n) is 5.43. The van der Waals surface area contributed by atoms with E-state index < -0.39 is 0 Å². The summed E-state index contributed by atoms with van der Waals surface area (Å²) in [5.41, 5.74) is 0. The van der Waals surface area contributed by atoms with Crippen LogP contribution in [-0.2, 0) is 13.1 Å². The molecule has 2 rings (SSSR count). The lowest BCUT2D eigenvalue weighted by Gasteiger charge is -2.31. The Bertz CT molecular complexity index is 356. The number of hydrogen-bond donors (Lipinski definition) is 1. The van der Waals surface area contributed by atoms with E-state index in [9.17, 15) is 0 Å². The molecule has 0 aliphatic carbocycles. The molecule has 0 amide bonds. The molecular formula is C13H26N6. The minimum Gasteiger partial charge on any atom is -0.320 e. The van der Waals surface area contributed by atoms with Gasteiger partial charge in [-0.15, -0.1) is 5.10 Å². The average molecular weight is 266 g/mol. The van der Waals surface area contributed by atoms with Crippen molar-refractivity contribution in [3.63, 3.8) is 0 Å². The molecule has 1 aliphatic rings. The molecule has 0 unspecified atom stereocenters. The third-order valence-corrected chi connectivity index (χ3v) is 3.92. The molecule has 0 radical (unpaired) electrons. The number of rotatable bonds is 7. The highest BCUT2D eigenvalue weighted by molar-refractivity contribution is 4.83. The number of nitrogens with zero attached hydrogens (tertiary/aromatic N) is 5. The quantitative estimate of drug-likeness (QED) is 0.795. The van der Waals surface area contributed by atoms with Gasteiger partial charge in [0.25, 0.3) is 0 Å². The lowest BCUT2D eigenvalue weighted by Crippen LogP contribution is -2.35. The Labute approximate surface area is 115 Å². The van der Waals surface area contributed by atoms with Gasteiger partial charge in [0.2, 0.25) is 0 Å². The number of piperidine rings is 1. The second-order valence-corrected chi connectivity index (χ2v) is 5.43. The lowest BCUT2D eigenvalue weighted by atomic mass is 9.93. The van der Waals surface area contributed by atoms with Crippen LogP contribution < -0.4 is 5.32 Å². The van der Waals surface area contributed by atoms with E-state index in [0.29, 0.717) is 0 Å². The molecule has 0 atom stereocenters. The molecule has 6 nitrogen and oxygen atoms in total. The molecule has 1 aromatic heterocycles. The molecule has 1 N–H and O–H groups in total. The number of aryl methyl sites for hydroxylation is 1. The Morgan fingerprint density at radius 3 is 2.79 bits per heavy atom. The molecule has 0 bridgehead atoms. The molecule has 108 valence electrons. The first-order valence-electron chi connectivity index (χ1n) is 7.45. The van der Waals surface area contributed by atoms with Gasteiger partial charge in [-0.1, -0.05) is 6.92 Å². The highest BCUT2D eigenvalue weighted by Gasteiger charge is 2.20. The summed E-state index contributed by atoms with van der Waals surface area (Å²) in [5.74, 6) is 1.89. The molecule has 0 spiro atoms. The molecule has 19 heavy (non-hydrogen) atoms. The molecule has 0 saturated carbocycles. The van der Waals surface area contributed by atoms with Crippen LogP contribution in [0.25, 0.3) is 0 Å². The number of likely N-dealkylation sites (tertiary alicyclic amines) is 1. The van der Waals surface area contributed by atoms with Gasteiger partial charge >= 0.3 is 0 Å². The van der Waals surface area contributed by atoms with Crippen molar-refractivity contribution in [2.24, 2.45) is 5.92 Å². The molecule has 0 aromatic carbocycles. The summed E-state index contributed by atoms with van der Waals surface area (Å²) in [7, 11) is 2.03. The first kappa shape index (κ1) is 14.4. The van der Waals surface area contributed by atoms with E-state index in [2.05, 4.69) is 32.7 Å². The molecule has 1 fully saturated rings. The van der Waals surface area contributed by atoms with E-state index in [1.807, 2.05) is 11.7 Å². The SMILES string of the molecule is CCCn1nnnc1CN1CCC(CCNC)CC1. The van der Waals surface area contributed by atoms with Crippen molar-refractivity contribution < 1.29 is 0 Å². The Morgan fingerprint density at radius 1 is 1.32 bits per heavy atom. The van der Waals surface area contributed by atoms with Crippen molar-refractivity contribution >= 4 is 0 Å². The first-order chi connectivity index (χ1) is 9.33. The summed E-state index contributed by atoms with van der Waals surface area (Å²) in [6.45, 7) is 7.45. The molecule has 1 saturated heterocycles. The Hall–Kier alpha value is -1.01. The van der Waals surface area contributed by atoms with Gasteiger partial charge in [0.15, 0.2) is 5.82 Å². The van der Waals surface area contributed by atoms with Gasteiger partial charge in [0, 0.05) is 6.54 Å². The van der Waals surface area contributed by atoms with Crippen LogP contribution in [0.1, 0.15) is 38.4 Å². The zero-order valence-electron chi connectivity index (χ0n) is 12.2. The van der Waals surface area contributed by atoms with E-state index in [0.717, 1.165) is 37.8 Å². The standard InChI is InChI=1S/C13H26N6/c1-3-8-19-13(15-16-17-19)11-18-9-5-12(6-10-18)4-7-14-2/h12,14H,3-11H2,1-2H3. The molecule has 6 heteroatoms. The van der Waals surface area contributed by atoms with Gasteiger partial charge in [-0.3, -0.25) is 4.90 Å². The third kappa shape index (κ3) is 4.24. The van der Waals surface area contributed by atoms with Crippen LogP contribution in [0.5, 0.6) is 0 Å². The van der Waals surface area contributed by atoms with Gasteiger partial charge in [-0.25, -0.2) is 4.68 Å². The van der Waals surface area contributed by atoms with Gasteiger partial charge in [-0.2, -0.15) is 0 Å². The van der Waals surface area contributed by atoms with Crippen molar-refractivity contribution in [3.05, 3.63) is 5.82 Å². The van der Waals surface area contributed by atoms with Crippen molar-refractivity contribution in [2.75, 3.05) is 26.7 Å². The molecule has 2 heterocycles. The summed E-state index contributed by atoms with van der Waals surface area (Å²) in [5, 5.41) is 15.2. The lowest BCUT2D eigenvalue weighted by molar-refractivity contribution is 0.166. The topological polar surface area (TPSA) is 58.9 Å². The van der Waals surface area contributed by atoms with Crippen LogP contribution in [-0.4, -0.2) is 51.8 Å². The fraction of sp³-hybridized carbons (Fsp3) is 0.923. The van der Waals surface area contributed by atoms with Gasteiger partial charge in [0.05, 0.1) is 6.54 Å². The van der Waals surface area contributed by atoms with Crippen LogP contribution in [0.2, 0.25) is 0 Å². The first-order valence-corrected chi connectivity index (χ1v) is 7.45. The van der Waals surface area contributed by atoms with Gasteiger partial charge in [0.1, 0.15) is 0 Å². The van der Waals surface area contributed by atoms with E-state index in [-0.39, 0.29) is 0 Å². The number of nitrogens with one attached hydrogen (secondary N) is 1. The molecule has 1 aromatic rings. The van der Waals surface area contributed by atoms with Crippen LogP contribution in [0, 0.1) is 5.92 Å².